The number of halogens is 1. The fraction of sp³-hybridized carbons (Fsp3) is 0.733. The number of alkyl halides is 1. The summed E-state index contributed by atoms with van der Waals surface area (Å²) >= 11 is 6.58. The molecule has 3 saturated heterocycles. The number of carbonyl (C=O) groups is 2. The van der Waals surface area contributed by atoms with Gasteiger partial charge in [-0.25, -0.2) is 4.79 Å². The number of nitrogens with one attached hydrogen (secondary N) is 2. The third-order valence-electron chi connectivity index (χ3n) is 4.54. The number of methoxy groups -OCH3 is 1. The van der Waals surface area contributed by atoms with Gasteiger partial charge >= 0.3 is 6.03 Å². The van der Waals surface area contributed by atoms with E-state index in [2.05, 4.69) is 17.2 Å². The third kappa shape index (κ3) is 2.53. The van der Waals surface area contributed by atoms with Crippen molar-refractivity contribution in [3.63, 3.8) is 0 Å². The molecule has 3 fully saturated rings. The molecule has 8 nitrogen and oxygen atoms in total. The van der Waals surface area contributed by atoms with Crippen molar-refractivity contribution in [2.75, 3.05) is 7.11 Å². The van der Waals surface area contributed by atoms with Crippen molar-refractivity contribution in [2.45, 2.75) is 62.1 Å². The molecule has 3 heterocycles. The zero-order valence-electron chi connectivity index (χ0n) is 13.9. The van der Waals surface area contributed by atoms with Crippen molar-refractivity contribution in [3.8, 4) is 0 Å². The molecule has 3 aliphatic rings. The van der Waals surface area contributed by atoms with Crippen LogP contribution in [-0.4, -0.2) is 60.2 Å². The van der Waals surface area contributed by atoms with Gasteiger partial charge in [-0.2, -0.15) is 0 Å². The van der Waals surface area contributed by atoms with E-state index >= 15 is 0 Å². The molecule has 2 amide bonds. The number of Topliss-reactive ketones (excluding diaryl/α,β-unsaturated/α-hetero) is 1. The summed E-state index contributed by atoms with van der Waals surface area (Å²) in [6.07, 6.45) is -2.50. The van der Waals surface area contributed by atoms with Crippen LogP contribution in [0.5, 0.6) is 0 Å². The van der Waals surface area contributed by atoms with Crippen LogP contribution >= 0.6 is 11.6 Å². The highest BCUT2D eigenvalue weighted by Crippen LogP contribution is 2.44. The summed E-state index contributed by atoms with van der Waals surface area (Å²) < 4.78 is 22.9. The summed E-state index contributed by atoms with van der Waals surface area (Å²) in [4.78, 5) is 22.6. The predicted octanol–water partition coefficient (Wildman–Crippen LogP) is 0.639. The monoisotopic (exact) mass is 360 g/mol. The normalized spacial score (nSPS) is 44.0. The summed E-state index contributed by atoms with van der Waals surface area (Å²) in [5.74, 6) is -1.21. The van der Waals surface area contributed by atoms with Crippen molar-refractivity contribution < 1.29 is 28.5 Å². The minimum atomic E-state index is -1.57. The van der Waals surface area contributed by atoms with Gasteiger partial charge in [0.1, 0.15) is 18.3 Å². The Morgan fingerprint density at radius 3 is 2.50 bits per heavy atom. The first kappa shape index (κ1) is 17.6. The zero-order chi connectivity index (χ0) is 17.9. The van der Waals surface area contributed by atoms with Crippen LogP contribution in [0.15, 0.2) is 12.3 Å². The number of rotatable bonds is 3. The molecule has 3 rings (SSSR count). The van der Waals surface area contributed by atoms with Crippen LogP contribution in [0.25, 0.3) is 0 Å². The minimum absolute atomic E-state index is 0.101. The second-order valence-corrected chi connectivity index (χ2v) is 7.19. The molecule has 0 aromatic heterocycles. The smallest absolute Gasteiger partial charge is 0.319 e. The van der Waals surface area contributed by atoms with Crippen LogP contribution in [0, 0.1) is 0 Å². The Hall–Kier alpha value is -1.19. The predicted molar refractivity (Wildman–Crippen MR) is 83.4 cm³/mol. The molecule has 3 aliphatic heterocycles. The largest absolute Gasteiger partial charge is 0.353 e. The number of urea groups is 1. The van der Waals surface area contributed by atoms with E-state index < -0.39 is 47.3 Å². The van der Waals surface area contributed by atoms with Crippen LogP contribution in [0.3, 0.4) is 0 Å². The van der Waals surface area contributed by atoms with Gasteiger partial charge in [0.15, 0.2) is 22.7 Å². The summed E-state index contributed by atoms with van der Waals surface area (Å²) in [6, 6.07) is -1.40. The van der Waals surface area contributed by atoms with Crippen LogP contribution < -0.4 is 10.6 Å². The van der Waals surface area contributed by atoms with Gasteiger partial charge in [0, 0.05) is 12.8 Å². The Morgan fingerprint density at radius 2 is 1.92 bits per heavy atom. The van der Waals surface area contributed by atoms with Crippen molar-refractivity contribution in [1.82, 2.24) is 10.6 Å². The molecular formula is C15H21ClN2O6. The second kappa shape index (κ2) is 5.67. The van der Waals surface area contributed by atoms with Gasteiger partial charge in [-0.3, -0.25) is 4.79 Å². The summed E-state index contributed by atoms with van der Waals surface area (Å²) in [7, 11) is 1.48. The maximum Gasteiger partial charge on any atom is 0.319 e. The molecule has 0 saturated carbocycles. The lowest BCUT2D eigenvalue weighted by atomic mass is 9.84. The van der Waals surface area contributed by atoms with Crippen molar-refractivity contribution in [2.24, 2.45) is 0 Å². The maximum absolute atomic E-state index is 12.2. The van der Waals surface area contributed by atoms with Crippen LogP contribution in [0.2, 0.25) is 0 Å². The van der Waals surface area contributed by atoms with Crippen LogP contribution in [-0.2, 0) is 23.7 Å². The third-order valence-corrected chi connectivity index (χ3v) is 5.27. The van der Waals surface area contributed by atoms with E-state index in [9.17, 15) is 9.59 Å². The van der Waals surface area contributed by atoms with E-state index in [0.717, 1.165) is 0 Å². The Labute approximate surface area is 144 Å². The van der Waals surface area contributed by atoms with E-state index in [1.807, 2.05) is 0 Å². The number of ether oxygens (including phenoxy) is 4. The Morgan fingerprint density at radius 1 is 1.29 bits per heavy atom. The molecule has 6 atom stereocenters. The topological polar surface area (TPSA) is 95.1 Å². The molecule has 0 aliphatic carbocycles. The fourth-order valence-corrected chi connectivity index (χ4v) is 3.71. The average Bonchev–Trinajstić information content (AvgIpc) is 2.95. The first-order valence-electron chi connectivity index (χ1n) is 7.61. The van der Waals surface area contributed by atoms with Gasteiger partial charge in [0.05, 0.1) is 6.04 Å². The molecule has 0 aromatic carbocycles. The Kier molecular flexibility index (Phi) is 4.17. The van der Waals surface area contributed by atoms with E-state index in [4.69, 9.17) is 30.5 Å². The minimum Gasteiger partial charge on any atom is -0.353 e. The van der Waals surface area contributed by atoms with Crippen molar-refractivity contribution >= 4 is 23.4 Å². The van der Waals surface area contributed by atoms with Crippen LogP contribution in [0.1, 0.15) is 20.8 Å². The van der Waals surface area contributed by atoms with Gasteiger partial charge in [-0.1, -0.05) is 6.58 Å². The highest BCUT2D eigenvalue weighted by molar-refractivity contribution is 6.38. The SMILES string of the molecule is C=C1NC(=O)NC([C@@H]2O[C@H](OC)[C@H]3OC(C)(C)O[C@H]32)C1(Cl)C(C)=O. The number of fused-ring (bicyclic) bond motifs is 1. The number of hydrogen-bond donors (Lipinski definition) is 2. The summed E-state index contributed by atoms with van der Waals surface area (Å²) in [6.45, 7) is 8.61. The highest BCUT2D eigenvalue weighted by atomic mass is 35.5. The molecule has 2 unspecified atom stereocenters. The maximum atomic E-state index is 12.2. The van der Waals surface area contributed by atoms with Gasteiger partial charge < -0.3 is 29.6 Å². The first-order chi connectivity index (χ1) is 11.1. The average molecular weight is 361 g/mol. The number of carbonyl (C=O) groups excluding carboxylic acids is 2. The molecule has 0 radical (unpaired) electrons. The van der Waals surface area contributed by atoms with E-state index in [0.29, 0.717) is 0 Å². The molecule has 0 spiro atoms. The molecule has 24 heavy (non-hydrogen) atoms. The Balaban J connectivity index is 1.97. The molecular weight excluding hydrogens is 340 g/mol. The molecule has 0 aromatic rings. The second-order valence-electron chi connectivity index (χ2n) is 6.59. The first-order valence-corrected chi connectivity index (χ1v) is 7.98. The highest BCUT2D eigenvalue weighted by Gasteiger charge is 2.63. The molecule has 2 N–H and O–H groups in total. The van der Waals surface area contributed by atoms with Gasteiger partial charge in [0.25, 0.3) is 0 Å². The van der Waals surface area contributed by atoms with E-state index in [1.54, 1.807) is 13.8 Å². The lowest BCUT2D eigenvalue weighted by Gasteiger charge is -2.43. The van der Waals surface area contributed by atoms with Crippen molar-refractivity contribution in [1.29, 1.82) is 0 Å². The lowest BCUT2D eigenvalue weighted by Crippen LogP contribution is -2.69. The van der Waals surface area contributed by atoms with Gasteiger partial charge in [-0.05, 0) is 20.8 Å². The van der Waals surface area contributed by atoms with E-state index in [-0.39, 0.29) is 11.5 Å². The fourth-order valence-electron chi connectivity index (χ4n) is 3.48. The zero-order valence-corrected chi connectivity index (χ0v) is 14.7. The van der Waals surface area contributed by atoms with Crippen LogP contribution in [0.4, 0.5) is 4.79 Å². The van der Waals surface area contributed by atoms with E-state index in [1.165, 1.54) is 14.0 Å². The Bertz CT molecular complexity index is 597. The molecule has 0 bridgehead atoms. The quantitative estimate of drug-likeness (QED) is 0.717. The summed E-state index contributed by atoms with van der Waals surface area (Å²) in [5.41, 5.74) is 0.101. The molecule has 9 heteroatoms. The van der Waals surface area contributed by atoms with Gasteiger partial charge in [-0.15, -0.1) is 11.6 Å². The number of hydrogen-bond acceptors (Lipinski definition) is 6. The standard InChI is InChI=1S/C15H21ClN2O6/c1-6-15(16,7(2)19)11(18-13(20)17-6)9-8-10(12(21-5)22-9)24-14(3,4)23-8/h8-12H,1H2,2-5H3,(H2,17,18,20)/t8-,9+,10-,11?,12-,15?/m0/s1. The molecule has 134 valence electrons. The summed E-state index contributed by atoms with van der Waals surface area (Å²) in [5, 5.41) is 5.12. The van der Waals surface area contributed by atoms with Gasteiger partial charge in [0.2, 0.25) is 0 Å². The number of amides is 2. The van der Waals surface area contributed by atoms with Crippen molar-refractivity contribution in [3.05, 3.63) is 12.3 Å². The number of ketones is 1. The lowest BCUT2D eigenvalue weighted by molar-refractivity contribution is -0.230.